The molecule has 0 aliphatic heterocycles. The van der Waals surface area contributed by atoms with Crippen molar-refractivity contribution >= 4 is 33.4 Å². The summed E-state index contributed by atoms with van der Waals surface area (Å²) in [6.07, 6.45) is 0.952. The molecule has 0 spiro atoms. The van der Waals surface area contributed by atoms with E-state index < -0.39 is 0 Å². The molecule has 6 heteroatoms. The SMILES string of the molecule is Cc1nnsc1C(=O)N(C)CCCBr. The monoisotopic (exact) mass is 277 g/mol. The van der Waals surface area contributed by atoms with Gasteiger partial charge in [-0.3, -0.25) is 4.79 Å². The molecule has 0 aliphatic rings. The van der Waals surface area contributed by atoms with Crippen molar-refractivity contribution in [2.75, 3.05) is 18.9 Å². The van der Waals surface area contributed by atoms with E-state index in [4.69, 9.17) is 0 Å². The normalized spacial score (nSPS) is 10.2. The average molecular weight is 278 g/mol. The molecule has 0 atom stereocenters. The van der Waals surface area contributed by atoms with Gasteiger partial charge in [0.25, 0.3) is 5.91 Å². The molecule has 0 saturated carbocycles. The van der Waals surface area contributed by atoms with E-state index in [1.54, 1.807) is 18.9 Å². The Labute approximate surface area is 95.6 Å². The first kappa shape index (κ1) is 11.6. The fraction of sp³-hybridized carbons (Fsp3) is 0.625. The third-order valence-electron chi connectivity index (χ3n) is 1.82. The second-order valence-electron chi connectivity index (χ2n) is 2.96. The minimum absolute atomic E-state index is 0.0125. The number of nitrogens with zero attached hydrogens (tertiary/aromatic N) is 3. The molecule has 1 amide bonds. The fourth-order valence-corrected chi connectivity index (χ4v) is 1.90. The standard InChI is InChI=1S/C8H12BrN3OS/c1-6-7(14-11-10-6)8(13)12(2)5-3-4-9/h3-5H2,1-2H3. The van der Waals surface area contributed by atoms with E-state index in [0.717, 1.165) is 29.8 Å². The fourth-order valence-electron chi connectivity index (χ4n) is 1.000. The van der Waals surface area contributed by atoms with Gasteiger partial charge in [-0.25, -0.2) is 0 Å². The van der Waals surface area contributed by atoms with E-state index >= 15 is 0 Å². The highest BCUT2D eigenvalue weighted by Gasteiger charge is 2.16. The van der Waals surface area contributed by atoms with Crippen LogP contribution in [0.1, 0.15) is 21.8 Å². The number of hydrogen-bond donors (Lipinski definition) is 0. The molecule has 0 N–H and O–H groups in total. The molecule has 0 unspecified atom stereocenters. The highest BCUT2D eigenvalue weighted by Crippen LogP contribution is 2.11. The van der Waals surface area contributed by atoms with Crippen LogP contribution in [0.15, 0.2) is 0 Å². The molecule has 78 valence electrons. The van der Waals surface area contributed by atoms with Crippen molar-refractivity contribution in [3.63, 3.8) is 0 Å². The molecule has 1 aromatic rings. The maximum Gasteiger partial charge on any atom is 0.267 e. The van der Waals surface area contributed by atoms with Crippen molar-refractivity contribution in [1.82, 2.24) is 14.5 Å². The zero-order valence-electron chi connectivity index (χ0n) is 8.16. The molecule has 14 heavy (non-hydrogen) atoms. The lowest BCUT2D eigenvalue weighted by atomic mass is 10.3. The summed E-state index contributed by atoms with van der Waals surface area (Å²) in [4.78, 5) is 14.1. The van der Waals surface area contributed by atoms with Gasteiger partial charge >= 0.3 is 0 Å². The quantitative estimate of drug-likeness (QED) is 0.788. The van der Waals surface area contributed by atoms with Crippen molar-refractivity contribution in [2.45, 2.75) is 13.3 Å². The summed E-state index contributed by atoms with van der Waals surface area (Å²) >= 11 is 4.49. The van der Waals surface area contributed by atoms with E-state index in [9.17, 15) is 4.79 Å². The summed E-state index contributed by atoms with van der Waals surface area (Å²) in [5.74, 6) is 0.0125. The lowest BCUT2D eigenvalue weighted by Crippen LogP contribution is -2.27. The van der Waals surface area contributed by atoms with Gasteiger partial charge in [-0.15, -0.1) is 5.10 Å². The molecule has 1 aromatic heterocycles. The van der Waals surface area contributed by atoms with Gasteiger partial charge in [-0.2, -0.15) is 0 Å². The van der Waals surface area contributed by atoms with Crippen molar-refractivity contribution in [1.29, 1.82) is 0 Å². The summed E-state index contributed by atoms with van der Waals surface area (Å²) in [6.45, 7) is 2.55. The molecule has 4 nitrogen and oxygen atoms in total. The molecule has 0 radical (unpaired) electrons. The van der Waals surface area contributed by atoms with Gasteiger partial charge in [-0.05, 0) is 24.9 Å². The predicted octanol–water partition coefficient (Wildman–Crippen LogP) is 1.70. The maximum absolute atomic E-state index is 11.8. The van der Waals surface area contributed by atoms with Gasteiger partial charge < -0.3 is 4.90 Å². The van der Waals surface area contributed by atoms with Crippen LogP contribution in [-0.4, -0.2) is 39.3 Å². The molecular formula is C8H12BrN3OS. The summed E-state index contributed by atoms with van der Waals surface area (Å²) in [5, 5.41) is 4.72. The van der Waals surface area contributed by atoms with E-state index in [2.05, 4.69) is 25.5 Å². The number of amides is 1. The molecule has 1 rings (SSSR count). The largest absolute Gasteiger partial charge is 0.341 e. The van der Waals surface area contributed by atoms with E-state index in [1.165, 1.54) is 0 Å². The van der Waals surface area contributed by atoms with Crippen LogP contribution in [-0.2, 0) is 0 Å². The van der Waals surface area contributed by atoms with Crippen LogP contribution >= 0.6 is 27.5 Å². The Hall–Kier alpha value is -0.490. The molecule has 0 aliphatic carbocycles. The number of hydrogen-bond acceptors (Lipinski definition) is 4. The van der Waals surface area contributed by atoms with Crippen LogP contribution in [0.4, 0.5) is 0 Å². The van der Waals surface area contributed by atoms with Gasteiger partial charge in [0.2, 0.25) is 0 Å². The smallest absolute Gasteiger partial charge is 0.267 e. The van der Waals surface area contributed by atoms with Crippen molar-refractivity contribution < 1.29 is 4.79 Å². The second kappa shape index (κ2) is 5.41. The molecule has 0 fully saturated rings. The van der Waals surface area contributed by atoms with Crippen LogP contribution in [0.25, 0.3) is 0 Å². The Morgan fingerprint density at radius 2 is 2.36 bits per heavy atom. The van der Waals surface area contributed by atoms with E-state index in [1.807, 2.05) is 0 Å². The summed E-state index contributed by atoms with van der Waals surface area (Å²) < 4.78 is 3.74. The van der Waals surface area contributed by atoms with Crippen molar-refractivity contribution in [3.8, 4) is 0 Å². The van der Waals surface area contributed by atoms with E-state index in [0.29, 0.717) is 10.6 Å². The van der Waals surface area contributed by atoms with Gasteiger partial charge in [0.05, 0.1) is 5.69 Å². The molecule has 0 bridgehead atoms. The first-order chi connectivity index (χ1) is 6.66. The minimum Gasteiger partial charge on any atom is -0.341 e. The number of aromatic nitrogens is 2. The van der Waals surface area contributed by atoms with E-state index in [-0.39, 0.29) is 5.91 Å². The summed E-state index contributed by atoms with van der Waals surface area (Å²) in [6, 6.07) is 0. The third kappa shape index (κ3) is 2.75. The van der Waals surface area contributed by atoms with Crippen LogP contribution in [0.3, 0.4) is 0 Å². The van der Waals surface area contributed by atoms with Gasteiger partial charge in [0, 0.05) is 18.9 Å². The van der Waals surface area contributed by atoms with Gasteiger partial charge in [0.1, 0.15) is 4.88 Å². The zero-order chi connectivity index (χ0) is 10.6. The summed E-state index contributed by atoms with van der Waals surface area (Å²) in [5.41, 5.74) is 0.714. The second-order valence-corrected chi connectivity index (χ2v) is 4.50. The van der Waals surface area contributed by atoms with Crippen LogP contribution in [0.2, 0.25) is 0 Å². The Bertz CT molecular complexity index is 315. The average Bonchev–Trinajstić information content (AvgIpc) is 2.59. The van der Waals surface area contributed by atoms with Crippen LogP contribution < -0.4 is 0 Å². The van der Waals surface area contributed by atoms with Gasteiger partial charge in [-0.1, -0.05) is 20.4 Å². The Balaban J connectivity index is 2.61. The predicted molar refractivity (Wildman–Crippen MR) is 60.0 cm³/mol. The molecule has 0 saturated heterocycles. The zero-order valence-corrected chi connectivity index (χ0v) is 10.6. The van der Waals surface area contributed by atoms with Crippen molar-refractivity contribution in [2.24, 2.45) is 0 Å². The first-order valence-corrected chi connectivity index (χ1v) is 6.16. The molecule has 1 heterocycles. The van der Waals surface area contributed by atoms with Crippen LogP contribution in [0, 0.1) is 6.92 Å². The van der Waals surface area contributed by atoms with Gasteiger partial charge in [0.15, 0.2) is 0 Å². The number of rotatable bonds is 4. The highest BCUT2D eigenvalue weighted by atomic mass is 79.9. The van der Waals surface area contributed by atoms with Crippen LogP contribution in [0.5, 0.6) is 0 Å². The molecular weight excluding hydrogens is 266 g/mol. The Morgan fingerprint density at radius 1 is 1.64 bits per heavy atom. The number of carbonyl (C=O) groups excluding carboxylic acids is 1. The highest BCUT2D eigenvalue weighted by molar-refractivity contribution is 9.09. The lowest BCUT2D eigenvalue weighted by molar-refractivity contribution is 0.0799. The lowest BCUT2D eigenvalue weighted by Gasteiger charge is -2.14. The third-order valence-corrected chi connectivity index (χ3v) is 3.20. The first-order valence-electron chi connectivity index (χ1n) is 4.27. The number of aryl methyl sites for hydroxylation is 1. The number of alkyl halides is 1. The van der Waals surface area contributed by atoms with Crippen molar-refractivity contribution in [3.05, 3.63) is 10.6 Å². The Morgan fingerprint density at radius 3 is 2.86 bits per heavy atom. The summed E-state index contributed by atoms with van der Waals surface area (Å²) in [7, 11) is 1.80. The Kier molecular flexibility index (Phi) is 4.47. The topological polar surface area (TPSA) is 46.1 Å². The maximum atomic E-state index is 11.8. The number of halogens is 1. The minimum atomic E-state index is 0.0125. The number of carbonyl (C=O) groups is 1. The molecule has 0 aromatic carbocycles.